The minimum Gasteiger partial charge on any atom is -0.406 e. The lowest BCUT2D eigenvalue weighted by molar-refractivity contribution is -0.274. The van der Waals surface area contributed by atoms with Gasteiger partial charge in [-0.15, -0.1) is 13.2 Å². The highest BCUT2D eigenvalue weighted by atomic mass is 32.2. The fraction of sp³-hybridized carbons (Fsp3) is 0.0952. The van der Waals surface area contributed by atoms with Gasteiger partial charge in [0.05, 0.1) is 16.1 Å². The van der Waals surface area contributed by atoms with Gasteiger partial charge in [-0.2, -0.15) is 5.10 Å². The van der Waals surface area contributed by atoms with Crippen LogP contribution in [-0.2, 0) is 19.9 Å². The quantitative estimate of drug-likeness (QED) is 0.398. The zero-order valence-electron chi connectivity index (χ0n) is 17.3. The number of hydrogen-bond donors (Lipinski definition) is 2. The minimum atomic E-state index is -4.82. The van der Waals surface area contributed by atoms with E-state index >= 15 is 0 Å². The Bertz CT molecular complexity index is 1580. The summed E-state index contributed by atoms with van der Waals surface area (Å²) in [6, 6.07) is 14.8. The fourth-order valence-electron chi connectivity index (χ4n) is 3.30. The number of fused-ring (bicyclic) bond motifs is 1. The second-order valence-electron chi connectivity index (χ2n) is 7.23. The molecular formula is C21H16F3N3O5S2. The van der Waals surface area contributed by atoms with Gasteiger partial charge >= 0.3 is 6.36 Å². The number of aromatic amines is 1. The molecule has 3 aromatic carbocycles. The van der Waals surface area contributed by atoms with E-state index in [2.05, 4.69) is 19.7 Å². The van der Waals surface area contributed by atoms with Crippen LogP contribution >= 0.6 is 0 Å². The van der Waals surface area contributed by atoms with E-state index in [1.54, 1.807) is 6.07 Å². The Labute approximate surface area is 192 Å². The summed E-state index contributed by atoms with van der Waals surface area (Å²) in [5.74, 6) is -0.394. The van der Waals surface area contributed by atoms with Gasteiger partial charge in [0.15, 0.2) is 9.84 Å². The summed E-state index contributed by atoms with van der Waals surface area (Å²) < 4.78 is 93.3. The number of sulfonamides is 1. The molecule has 0 atom stereocenters. The van der Waals surface area contributed by atoms with E-state index in [-0.39, 0.29) is 10.6 Å². The lowest BCUT2D eigenvalue weighted by Gasteiger charge is -2.11. The number of anilines is 1. The summed E-state index contributed by atoms with van der Waals surface area (Å²) in [5, 5.41) is 7.43. The Morgan fingerprint density at radius 2 is 1.56 bits per heavy atom. The Hall–Kier alpha value is -3.58. The fourth-order valence-corrected chi connectivity index (χ4v) is 5.98. The number of hydrogen-bond acceptors (Lipinski definition) is 6. The second kappa shape index (κ2) is 8.33. The normalized spacial score (nSPS) is 12.6. The van der Waals surface area contributed by atoms with Gasteiger partial charge in [0.1, 0.15) is 10.6 Å². The van der Waals surface area contributed by atoms with Gasteiger partial charge in [-0.25, -0.2) is 16.8 Å². The molecule has 0 unspecified atom stereocenters. The number of sulfone groups is 1. The molecule has 0 aliphatic carbocycles. The molecule has 1 heterocycles. The summed E-state index contributed by atoms with van der Waals surface area (Å²) in [6.07, 6.45) is -3.90. The van der Waals surface area contributed by atoms with Gasteiger partial charge in [-0.1, -0.05) is 12.1 Å². The first-order valence-electron chi connectivity index (χ1n) is 9.50. The highest BCUT2D eigenvalue weighted by Gasteiger charge is 2.31. The van der Waals surface area contributed by atoms with Crippen molar-refractivity contribution >= 4 is 36.5 Å². The van der Waals surface area contributed by atoms with E-state index < -0.39 is 36.9 Å². The molecule has 0 spiro atoms. The second-order valence-corrected chi connectivity index (χ2v) is 10.9. The van der Waals surface area contributed by atoms with Crippen LogP contribution < -0.4 is 9.46 Å². The van der Waals surface area contributed by atoms with Crippen LogP contribution in [0.4, 0.5) is 18.9 Å². The molecule has 0 radical (unpaired) electrons. The van der Waals surface area contributed by atoms with Crippen molar-refractivity contribution in [2.45, 2.75) is 16.2 Å². The molecule has 8 nitrogen and oxygen atoms in total. The first kappa shape index (κ1) is 23.6. The van der Waals surface area contributed by atoms with Crippen LogP contribution in [0.15, 0.2) is 76.5 Å². The van der Waals surface area contributed by atoms with E-state index in [0.717, 1.165) is 18.4 Å². The summed E-state index contributed by atoms with van der Waals surface area (Å²) in [6.45, 7) is 0. The van der Waals surface area contributed by atoms with Crippen LogP contribution in [-0.4, -0.2) is 39.7 Å². The van der Waals surface area contributed by atoms with Crippen molar-refractivity contribution < 1.29 is 34.7 Å². The average molecular weight is 512 g/mol. The number of halogens is 3. The van der Waals surface area contributed by atoms with Crippen molar-refractivity contribution in [2.75, 3.05) is 11.0 Å². The van der Waals surface area contributed by atoms with Gasteiger partial charge < -0.3 is 4.74 Å². The SMILES string of the molecule is CS(=O)(=O)c1ccccc1S(=O)(=O)Nc1ccc2[nH]nc(-c3ccc(OC(F)(F)F)cc3)c2c1. The number of nitrogens with zero attached hydrogens (tertiary/aromatic N) is 1. The first-order chi connectivity index (χ1) is 15.8. The van der Waals surface area contributed by atoms with Crippen LogP contribution in [0, 0.1) is 0 Å². The summed E-state index contributed by atoms with van der Waals surface area (Å²) in [7, 11) is -8.07. The zero-order valence-corrected chi connectivity index (χ0v) is 18.9. The van der Waals surface area contributed by atoms with Crippen LogP contribution in [0.3, 0.4) is 0 Å². The minimum absolute atomic E-state index is 0.135. The summed E-state index contributed by atoms with van der Waals surface area (Å²) in [4.78, 5) is -0.737. The molecule has 0 fully saturated rings. The third-order valence-corrected chi connectivity index (χ3v) is 7.44. The molecule has 0 bridgehead atoms. The number of H-pyrrole nitrogens is 1. The smallest absolute Gasteiger partial charge is 0.406 e. The number of nitrogens with one attached hydrogen (secondary N) is 2. The lowest BCUT2D eigenvalue weighted by atomic mass is 10.1. The predicted molar refractivity (Wildman–Crippen MR) is 119 cm³/mol. The molecule has 34 heavy (non-hydrogen) atoms. The van der Waals surface area contributed by atoms with Crippen LogP contribution in [0.2, 0.25) is 0 Å². The Kier molecular flexibility index (Phi) is 5.77. The molecular weight excluding hydrogens is 495 g/mol. The number of benzene rings is 3. The Morgan fingerprint density at radius 3 is 2.18 bits per heavy atom. The van der Waals surface area contributed by atoms with Crippen LogP contribution in [0.25, 0.3) is 22.2 Å². The van der Waals surface area contributed by atoms with Crippen LogP contribution in [0.1, 0.15) is 0 Å². The third-order valence-electron chi connectivity index (χ3n) is 4.71. The number of aromatic nitrogens is 2. The van der Waals surface area contributed by atoms with E-state index in [1.165, 1.54) is 48.5 Å². The highest BCUT2D eigenvalue weighted by molar-refractivity contribution is 7.95. The van der Waals surface area contributed by atoms with Gasteiger partial charge in [-0.3, -0.25) is 9.82 Å². The van der Waals surface area contributed by atoms with Crippen molar-refractivity contribution in [3.05, 3.63) is 66.7 Å². The summed E-state index contributed by atoms with van der Waals surface area (Å²) in [5.41, 5.74) is 1.51. The molecule has 1 aromatic heterocycles. The van der Waals surface area contributed by atoms with Crippen molar-refractivity contribution in [2.24, 2.45) is 0 Å². The molecule has 4 rings (SSSR count). The molecule has 13 heteroatoms. The maximum absolute atomic E-state index is 12.9. The molecule has 178 valence electrons. The van der Waals surface area contributed by atoms with E-state index in [1.807, 2.05) is 0 Å². The molecule has 0 amide bonds. The number of alkyl halides is 3. The molecule has 2 N–H and O–H groups in total. The Morgan fingerprint density at radius 1 is 0.912 bits per heavy atom. The molecule has 0 saturated heterocycles. The van der Waals surface area contributed by atoms with E-state index in [9.17, 15) is 30.0 Å². The van der Waals surface area contributed by atoms with Crippen molar-refractivity contribution in [1.29, 1.82) is 0 Å². The van der Waals surface area contributed by atoms with E-state index in [4.69, 9.17) is 0 Å². The van der Waals surface area contributed by atoms with Crippen molar-refractivity contribution in [3.63, 3.8) is 0 Å². The topological polar surface area (TPSA) is 118 Å². The standard InChI is InChI=1S/C21H16F3N3O5S2/c1-33(28,29)18-4-2-3-5-19(18)34(30,31)27-14-8-11-17-16(12-14)20(26-25-17)13-6-9-15(10-7-13)32-21(22,23)24/h2-12,27H,1H3,(H,25,26). The molecule has 0 aliphatic heterocycles. The van der Waals surface area contributed by atoms with Gasteiger partial charge in [-0.05, 0) is 54.6 Å². The number of rotatable bonds is 6. The molecule has 0 saturated carbocycles. The number of ether oxygens (including phenoxy) is 1. The van der Waals surface area contributed by atoms with Crippen molar-refractivity contribution in [1.82, 2.24) is 10.2 Å². The van der Waals surface area contributed by atoms with Crippen molar-refractivity contribution in [3.8, 4) is 17.0 Å². The molecule has 0 aliphatic rings. The van der Waals surface area contributed by atoms with Gasteiger partial charge in [0.2, 0.25) is 0 Å². The zero-order chi connectivity index (χ0) is 24.7. The van der Waals surface area contributed by atoms with E-state index in [0.29, 0.717) is 22.2 Å². The van der Waals surface area contributed by atoms with Gasteiger partial charge in [0.25, 0.3) is 10.0 Å². The van der Waals surface area contributed by atoms with Gasteiger partial charge in [0, 0.05) is 22.9 Å². The molecule has 4 aromatic rings. The summed E-state index contributed by atoms with van der Waals surface area (Å²) >= 11 is 0. The predicted octanol–water partition coefficient (Wildman–Crippen LogP) is 4.33. The first-order valence-corrected chi connectivity index (χ1v) is 12.9. The maximum atomic E-state index is 12.9. The monoisotopic (exact) mass is 511 g/mol. The average Bonchev–Trinajstić information content (AvgIpc) is 3.15. The lowest BCUT2D eigenvalue weighted by Crippen LogP contribution is -2.16. The Balaban J connectivity index is 1.69. The largest absolute Gasteiger partial charge is 0.573 e. The highest BCUT2D eigenvalue weighted by Crippen LogP contribution is 2.32. The van der Waals surface area contributed by atoms with Crippen LogP contribution in [0.5, 0.6) is 5.75 Å². The third kappa shape index (κ3) is 4.99. The maximum Gasteiger partial charge on any atom is 0.573 e.